The maximum absolute atomic E-state index is 13.0. The number of aryl methyl sites for hydroxylation is 1. The van der Waals surface area contributed by atoms with Crippen molar-refractivity contribution in [1.29, 1.82) is 0 Å². The van der Waals surface area contributed by atoms with E-state index in [1.54, 1.807) is 0 Å². The van der Waals surface area contributed by atoms with Gasteiger partial charge in [-0.1, -0.05) is 0 Å². The van der Waals surface area contributed by atoms with Crippen molar-refractivity contribution in [2.24, 2.45) is 5.73 Å². The zero-order valence-electron chi connectivity index (χ0n) is 9.56. The fourth-order valence-electron chi connectivity index (χ4n) is 1.57. The lowest BCUT2D eigenvalue weighted by atomic mass is 10.0. The highest BCUT2D eigenvalue weighted by Crippen LogP contribution is 2.21. The van der Waals surface area contributed by atoms with Gasteiger partial charge in [-0.3, -0.25) is 10.1 Å². The van der Waals surface area contributed by atoms with Gasteiger partial charge in [-0.25, -0.2) is 4.39 Å². The number of rotatable bonds is 6. The van der Waals surface area contributed by atoms with Crippen molar-refractivity contribution in [3.8, 4) is 0 Å². The maximum atomic E-state index is 13.0. The number of halogens is 1. The lowest BCUT2D eigenvalue weighted by Crippen LogP contribution is -2.26. The van der Waals surface area contributed by atoms with E-state index in [1.165, 1.54) is 19.2 Å². The number of nitrogens with two attached hydrogens (primary N) is 1. The van der Waals surface area contributed by atoms with Gasteiger partial charge in [0, 0.05) is 24.8 Å². The van der Waals surface area contributed by atoms with Gasteiger partial charge in [0.05, 0.1) is 11.5 Å². The topological polar surface area (TPSA) is 78.4 Å². The zero-order valence-corrected chi connectivity index (χ0v) is 9.56. The maximum Gasteiger partial charge on any atom is 0.272 e. The van der Waals surface area contributed by atoms with Gasteiger partial charge in [-0.05, 0) is 25.0 Å². The fourth-order valence-corrected chi connectivity index (χ4v) is 1.57. The normalized spacial score (nSPS) is 12.4. The van der Waals surface area contributed by atoms with E-state index >= 15 is 0 Å². The highest BCUT2D eigenvalue weighted by atomic mass is 19.1. The van der Waals surface area contributed by atoms with E-state index < -0.39 is 10.7 Å². The lowest BCUT2D eigenvalue weighted by Gasteiger charge is -2.10. The summed E-state index contributed by atoms with van der Waals surface area (Å²) in [6.45, 7) is 0.378. The number of hydrogen-bond acceptors (Lipinski definition) is 4. The third-order valence-corrected chi connectivity index (χ3v) is 2.40. The summed E-state index contributed by atoms with van der Waals surface area (Å²) in [7, 11) is 1.53. The largest absolute Gasteiger partial charge is 0.383 e. The average molecular weight is 242 g/mol. The molecule has 0 amide bonds. The summed E-state index contributed by atoms with van der Waals surface area (Å²) in [5, 5.41) is 10.7. The van der Waals surface area contributed by atoms with Crippen molar-refractivity contribution in [1.82, 2.24) is 0 Å². The van der Waals surface area contributed by atoms with Crippen LogP contribution in [0.5, 0.6) is 0 Å². The molecule has 0 saturated carbocycles. The van der Waals surface area contributed by atoms with Crippen LogP contribution in [0.3, 0.4) is 0 Å². The van der Waals surface area contributed by atoms with E-state index in [4.69, 9.17) is 10.5 Å². The van der Waals surface area contributed by atoms with Crippen molar-refractivity contribution in [2.45, 2.75) is 18.9 Å². The number of nitro groups is 1. The first kappa shape index (κ1) is 13.5. The van der Waals surface area contributed by atoms with Crippen LogP contribution in [0, 0.1) is 15.9 Å². The van der Waals surface area contributed by atoms with Crippen molar-refractivity contribution in [2.75, 3.05) is 13.7 Å². The Morgan fingerprint density at radius 2 is 2.29 bits per heavy atom. The summed E-state index contributed by atoms with van der Waals surface area (Å²) in [6.07, 6.45) is 0.872. The Hall–Kier alpha value is -1.53. The van der Waals surface area contributed by atoms with Gasteiger partial charge in [0.25, 0.3) is 5.69 Å². The summed E-state index contributed by atoms with van der Waals surface area (Å²) in [5.41, 5.74) is 6.00. The highest BCUT2D eigenvalue weighted by molar-refractivity contribution is 5.40. The van der Waals surface area contributed by atoms with Gasteiger partial charge in [0.1, 0.15) is 5.82 Å². The molecule has 2 N–H and O–H groups in total. The minimum Gasteiger partial charge on any atom is -0.383 e. The quantitative estimate of drug-likeness (QED) is 0.607. The van der Waals surface area contributed by atoms with Gasteiger partial charge in [-0.2, -0.15) is 0 Å². The van der Waals surface area contributed by atoms with Crippen LogP contribution >= 0.6 is 0 Å². The molecule has 0 heterocycles. The van der Waals surface area contributed by atoms with Crippen molar-refractivity contribution in [3.63, 3.8) is 0 Å². The highest BCUT2D eigenvalue weighted by Gasteiger charge is 2.15. The van der Waals surface area contributed by atoms with Crippen LogP contribution in [0.4, 0.5) is 10.1 Å². The first-order valence-corrected chi connectivity index (χ1v) is 5.22. The standard InChI is InChI=1S/C11H15FN2O3/c1-17-7-10(13)4-2-8-6-9(12)3-5-11(8)14(15)16/h3,5-6,10H,2,4,7,13H2,1H3. The molecule has 0 radical (unpaired) electrons. The fraction of sp³-hybridized carbons (Fsp3) is 0.455. The third kappa shape index (κ3) is 4.08. The van der Waals surface area contributed by atoms with Crippen LogP contribution in [0.1, 0.15) is 12.0 Å². The zero-order chi connectivity index (χ0) is 12.8. The molecule has 0 saturated heterocycles. The van der Waals surface area contributed by atoms with E-state index in [1.807, 2.05) is 0 Å². The molecule has 1 atom stereocenters. The molecule has 94 valence electrons. The lowest BCUT2D eigenvalue weighted by molar-refractivity contribution is -0.385. The Morgan fingerprint density at radius 1 is 1.59 bits per heavy atom. The molecule has 0 aromatic heterocycles. The number of methoxy groups -OCH3 is 1. The molecule has 1 rings (SSSR count). The number of nitrogens with zero attached hydrogens (tertiary/aromatic N) is 1. The van der Waals surface area contributed by atoms with Gasteiger partial charge in [0.15, 0.2) is 0 Å². The second-order valence-corrected chi connectivity index (χ2v) is 3.78. The predicted octanol–water partition coefficient (Wildman–Crippen LogP) is 1.64. The van der Waals surface area contributed by atoms with Crippen LogP contribution in [0.2, 0.25) is 0 Å². The molecule has 0 aliphatic rings. The molecular weight excluding hydrogens is 227 g/mol. The second kappa shape index (κ2) is 6.27. The molecule has 0 bridgehead atoms. The van der Waals surface area contributed by atoms with Gasteiger partial charge in [-0.15, -0.1) is 0 Å². The Morgan fingerprint density at radius 3 is 2.88 bits per heavy atom. The first-order valence-electron chi connectivity index (χ1n) is 5.22. The smallest absolute Gasteiger partial charge is 0.272 e. The van der Waals surface area contributed by atoms with Crippen LogP contribution in [-0.4, -0.2) is 24.7 Å². The molecule has 1 aromatic carbocycles. The molecule has 0 fully saturated rings. The minimum atomic E-state index is -0.517. The van der Waals surface area contributed by atoms with Gasteiger partial charge in [0.2, 0.25) is 0 Å². The Labute approximate surface area is 98.5 Å². The third-order valence-electron chi connectivity index (χ3n) is 2.40. The van der Waals surface area contributed by atoms with E-state index in [0.29, 0.717) is 25.0 Å². The Balaban J connectivity index is 2.75. The molecule has 0 spiro atoms. The van der Waals surface area contributed by atoms with E-state index in [-0.39, 0.29) is 11.7 Å². The molecule has 0 aliphatic carbocycles. The summed E-state index contributed by atoms with van der Waals surface area (Å²) >= 11 is 0. The Kier molecular flexibility index (Phi) is 4.99. The van der Waals surface area contributed by atoms with E-state index in [0.717, 1.165) is 6.07 Å². The van der Waals surface area contributed by atoms with Gasteiger partial charge >= 0.3 is 0 Å². The average Bonchev–Trinajstić information content (AvgIpc) is 2.26. The van der Waals surface area contributed by atoms with Crippen LogP contribution in [-0.2, 0) is 11.2 Å². The summed E-state index contributed by atoms with van der Waals surface area (Å²) in [5.74, 6) is -0.481. The SMILES string of the molecule is COCC(N)CCc1cc(F)ccc1[N+](=O)[O-]. The van der Waals surface area contributed by atoms with Crippen molar-refractivity contribution < 1.29 is 14.1 Å². The number of hydrogen-bond donors (Lipinski definition) is 1. The van der Waals surface area contributed by atoms with Crippen molar-refractivity contribution in [3.05, 3.63) is 39.7 Å². The summed E-state index contributed by atoms with van der Waals surface area (Å²) in [4.78, 5) is 10.2. The number of nitro benzene ring substituents is 1. The molecule has 6 heteroatoms. The predicted molar refractivity (Wildman–Crippen MR) is 61.2 cm³/mol. The molecule has 0 aliphatic heterocycles. The van der Waals surface area contributed by atoms with Crippen molar-refractivity contribution >= 4 is 5.69 Å². The van der Waals surface area contributed by atoms with Crippen LogP contribution < -0.4 is 5.73 Å². The molecule has 5 nitrogen and oxygen atoms in total. The summed E-state index contributed by atoms with van der Waals surface area (Å²) < 4.78 is 17.9. The van der Waals surface area contributed by atoms with Crippen LogP contribution in [0.25, 0.3) is 0 Å². The number of benzene rings is 1. The number of ether oxygens (including phenoxy) is 1. The molecule has 1 aromatic rings. The molecule has 17 heavy (non-hydrogen) atoms. The summed E-state index contributed by atoms with van der Waals surface area (Å²) in [6, 6.07) is 3.23. The minimum absolute atomic E-state index is 0.0731. The molecule has 1 unspecified atom stereocenters. The monoisotopic (exact) mass is 242 g/mol. The Bertz CT molecular complexity index is 398. The van der Waals surface area contributed by atoms with Gasteiger partial charge < -0.3 is 10.5 Å². The first-order chi connectivity index (χ1) is 8.04. The van der Waals surface area contributed by atoms with E-state index in [2.05, 4.69) is 0 Å². The van der Waals surface area contributed by atoms with E-state index in [9.17, 15) is 14.5 Å². The van der Waals surface area contributed by atoms with Crippen LogP contribution in [0.15, 0.2) is 18.2 Å². The molecular formula is C11H15FN2O3. The second-order valence-electron chi connectivity index (χ2n) is 3.78.